The summed E-state index contributed by atoms with van der Waals surface area (Å²) in [6, 6.07) is 6.06. The molecule has 27 heavy (non-hydrogen) atoms. The van der Waals surface area contributed by atoms with Gasteiger partial charge >= 0.3 is 0 Å². The molecule has 0 bridgehead atoms. The Morgan fingerprint density at radius 3 is 2.44 bits per heavy atom. The van der Waals surface area contributed by atoms with Gasteiger partial charge in [-0.1, -0.05) is 6.07 Å². The van der Waals surface area contributed by atoms with Crippen LogP contribution in [0.3, 0.4) is 0 Å². The Morgan fingerprint density at radius 1 is 1.15 bits per heavy atom. The fourth-order valence-electron chi connectivity index (χ4n) is 4.72. The lowest BCUT2D eigenvalue weighted by molar-refractivity contribution is -0.130. The van der Waals surface area contributed by atoms with Gasteiger partial charge in [0.15, 0.2) is 11.5 Å². The van der Waals surface area contributed by atoms with Crippen molar-refractivity contribution in [3.63, 3.8) is 0 Å². The summed E-state index contributed by atoms with van der Waals surface area (Å²) in [6.07, 6.45) is 2.09. The zero-order valence-corrected chi connectivity index (χ0v) is 16.7. The number of likely N-dealkylation sites (tertiary alicyclic amines) is 2. The highest BCUT2D eigenvalue weighted by molar-refractivity contribution is 5.73. The molecule has 2 aliphatic heterocycles. The largest absolute Gasteiger partial charge is 0.493 e. The fraction of sp³-hybridized carbons (Fsp3) is 0.667. The van der Waals surface area contributed by atoms with Crippen molar-refractivity contribution in [2.75, 3.05) is 47.0 Å². The van der Waals surface area contributed by atoms with E-state index < -0.39 is 0 Å². The lowest BCUT2D eigenvalue weighted by Gasteiger charge is -2.36. The number of amides is 1. The minimum Gasteiger partial charge on any atom is -0.493 e. The molecule has 0 aliphatic carbocycles. The standard InChI is InChI=1S/C21H32N2O4/c1-15(25)23-8-6-17(7-9-23)19-13-22(12-18(19)14-24)11-16-4-5-20(26-2)21(10-16)27-3/h4-5,10,17-19,24H,6-9,11-14H2,1-3H3/t18-,19-/m0/s1. The van der Waals surface area contributed by atoms with E-state index in [4.69, 9.17) is 9.47 Å². The van der Waals surface area contributed by atoms with Gasteiger partial charge in [-0.15, -0.1) is 0 Å². The summed E-state index contributed by atoms with van der Waals surface area (Å²) in [5.74, 6) is 3.08. The topological polar surface area (TPSA) is 62.2 Å². The van der Waals surface area contributed by atoms with Crippen molar-refractivity contribution in [3.05, 3.63) is 23.8 Å². The van der Waals surface area contributed by atoms with Crippen LogP contribution in [0.5, 0.6) is 11.5 Å². The van der Waals surface area contributed by atoms with Crippen molar-refractivity contribution in [2.45, 2.75) is 26.3 Å². The predicted octanol–water partition coefficient (Wildman–Crippen LogP) is 2.00. The lowest BCUT2D eigenvalue weighted by atomic mass is 9.79. The highest BCUT2D eigenvalue weighted by atomic mass is 16.5. The van der Waals surface area contributed by atoms with Crippen molar-refractivity contribution in [3.8, 4) is 11.5 Å². The van der Waals surface area contributed by atoms with Crippen molar-refractivity contribution in [2.24, 2.45) is 17.8 Å². The zero-order valence-electron chi connectivity index (χ0n) is 16.7. The van der Waals surface area contributed by atoms with Crippen LogP contribution in [-0.4, -0.2) is 67.8 Å². The summed E-state index contributed by atoms with van der Waals surface area (Å²) < 4.78 is 10.7. The van der Waals surface area contributed by atoms with Gasteiger partial charge in [-0.05, 0) is 48.3 Å². The molecule has 1 aromatic carbocycles. The van der Waals surface area contributed by atoms with Gasteiger partial charge in [0.25, 0.3) is 0 Å². The number of nitrogens with zero attached hydrogens (tertiary/aromatic N) is 2. The third-order valence-electron chi connectivity index (χ3n) is 6.25. The fourth-order valence-corrected chi connectivity index (χ4v) is 4.72. The smallest absolute Gasteiger partial charge is 0.219 e. The maximum Gasteiger partial charge on any atom is 0.219 e. The van der Waals surface area contributed by atoms with Crippen molar-refractivity contribution < 1.29 is 19.4 Å². The van der Waals surface area contributed by atoms with Gasteiger partial charge in [-0.25, -0.2) is 0 Å². The molecular weight excluding hydrogens is 344 g/mol. The molecule has 2 fully saturated rings. The first-order valence-corrected chi connectivity index (χ1v) is 9.85. The Balaban J connectivity index is 1.62. The number of hydrogen-bond acceptors (Lipinski definition) is 5. The number of aliphatic hydroxyl groups is 1. The molecule has 1 aromatic rings. The highest BCUT2D eigenvalue weighted by Gasteiger charge is 2.38. The first-order chi connectivity index (χ1) is 13.0. The molecule has 1 N–H and O–H groups in total. The van der Waals surface area contributed by atoms with Gasteiger partial charge in [-0.3, -0.25) is 9.69 Å². The van der Waals surface area contributed by atoms with Gasteiger partial charge in [0, 0.05) is 46.3 Å². The molecule has 150 valence electrons. The van der Waals surface area contributed by atoms with Gasteiger partial charge in [0.2, 0.25) is 5.91 Å². The number of carbonyl (C=O) groups is 1. The van der Waals surface area contributed by atoms with Crippen molar-refractivity contribution >= 4 is 5.91 Å². The molecule has 3 rings (SSSR count). The predicted molar refractivity (Wildman–Crippen MR) is 104 cm³/mol. The minimum atomic E-state index is 0.175. The van der Waals surface area contributed by atoms with E-state index in [1.807, 2.05) is 17.0 Å². The molecule has 2 heterocycles. The van der Waals surface area contributed by atoms with Crippen LogP contribution in [-0.2, 0) is 11.3 Å². The van der Waals surface area contributed by atoms with E-state index >= 15 is 0 Å². The number of benzene rings is 1. The third-order valence-corrected chi connectivity index (χ3v) is 6.25. The van der Waals surface area contributed by atoms with Gasteiger partial charge in [0.05, 0.1) is 14.2 Å². The number of carbonyl (C=O) groups excluding carboxylic acids is 1. The van der Waals surface area contributed by atoms with E-state index in [1.54, 1.807) is 21.1 Å². The Kier molecular flexibility index (Phi) is 6.60. The zero-order chi connectivity index (χ0) is 19.4. The maximum atomic E-state index is 11.6. The Labute approximate surface area is 162 Å². The number of rotatable bonds is 6. The number of methoxy groups -OCH3 is 2. The average Bonchev–Trinajstić information content (AvgIpc) is 3.10. The molecule has 1 amide bonds. The molecule has 6 heteroatoms. The van der Waals surface area contributed by atoms with Gasteiger partial charge in [0.1, 0.15) is 0 Å². The summed E-state index contributed by atoms with van der Waals surface area (Å²) in [5.41, 5.74) is 1.19. The SMILES string of the molecule is COc1ccc(CN2C[C@@H](CO)[C@H](C3CCN(C(C)=O)CC3)C2)cc1OC. The second-order valence-corrected chi connectivity index (χ2v) is 7.83. The lowest BCUT2D eigenvalue weighted by Crippen LogP contribution is -2.40. The summed E-state index contributed by atoms with van der Waals surface area (Å²) in [4.78, 5) is 15.9. The van der Waals surface area contributed by atoms with Crippen molar-refractivity contribution in [1.29, 1.82) is 0 Å². The Hall–Kier alpha value is -1.79. The van der Waals surface area contributed by atoms with E-state index in [0.29, 0.717) is 17.8 Å². The number of hydrogen-bond donors (Lipinski definition) is 1. The molecular formula is C21H32N2O4. The van der Waals surface area contributed by atoms with Crippen LogP contribution in [0.15, 0.2) is 18.2 Å². The average molecular weight is 376 g/mol. The molecule has 0 saturated carbocycles. The van der Waals surface area contributed by atoms with E-state index in [9.17, 15) is 9.90 Å². The Bertz CT molecular complexity index is 643. The molecule has 2 aliphatic rings. The van der Waals surface area contributed by atoms with E-state index in [2.05, 4.69) is 11.0 Å². The quantitative estimate of drug-likeness (QED) is 0.823. The first-order valence-electron chi connectivity index (χ1n) is 9.85. The van der Waals surface area contributed by atoms with Crippen LogP contribution < -0.4 is 9.47 Å². The summed E-state index contributed by atoms with van der Waals surface area (Å²) in [7, 11) is 3.30. The third kappa shape index (κ3) is 4.55. The molecule has 0 unspecified atom stereocenters. The molecule has 0 spiro atoms. The monoisotopic (exact) mass is 376 g/mol. The second kappa shape index (κ2) is 8.93. The van der Waals surface area contributed by atoms with Gasteiger partial charge < -0.3 is 19.5 Å². The molecule has 2 atom stereocenters. The van der Waals surface area contributed by atoms with Crippen LogP contribution in [0.4, 0.5) is 0 Å². The number of aliphatic hydroxyl groups excluding tert-OH is 1. The molecule has 0 radical (unpaired) electrons. The highest BCUT2D eigenvalue weighted by Crippen LogP contribution is 2.36. The van der Waals surface area contributed by atoms with E-state index in [-0.39, 0.29) is 12.5 Å². The van der Waals surface area contributed by atoms with E-state index in [0.717, 1.165) is 57.1 Å². The van der Waals surface area contributed by atoms with Crippen LogP contribution in [0.25, 0.3) is 0 Å². The summed E-state index contributed by atoms with van der Waals surface area (Å²) in [5, 5.41) is 9.91. The molecule has 2 saturated heterocycles. The number of ether oxygens (including phenoxy) is 2. The first kappa shape index (κ1) is 20.0. The summed E-state index contributed by atoms with van der Waals surface area (Å²) >= 11 is 0. The van der Waals surface area contributed by atoms with Crippen LogP contribution >= 0.6 is 0 Å². The van der Waals surface area contributed by atoms with E-state index in [1.165, 1.54) is 5.56 Å². The summed E-state index contributed by atoms with van der Waals surface area (Å²) in [6.45, 7) is 6.36. The maximum absolute atomic E-state index is 11.6. The normalized spacial score (nSPS) is 24.2. The minimum absolute atomic E-state index is 0.175. The molecule has 0 aromatic heterocycles. The van der Waals surface area contributed by atoms with Gasteiger partial charge in [-0.2, -0.15) is 0 Å². The number of piperidine rings is 1. The molecule has 6 nitrogen and oxygen atoms in total. The Morgan fingerprint density at radius 2 is 1.85 bits per heavy atom. The van der Waals surface area contributed by atoms with Crippen LogP contribution in [0, 0.1) is 17.8 Å². The van der Waals surface area contributed by atoms with Crippen LogP contribution in [0.2, 0.25) is 0 Å². The second-order valence-electron chi connectivity index (χ2n) is 7.83. The van der Waals surface area contributed by atoms with Crippen molar-refractivity contribution in [1.82, 2.24) is 9.80 Å². The van der Waals surface area contributed by atoms with Crippen LogP contribution in [0.1, 0.15) is 25.3 Å².